The van der Waals surface area contributed by atoms with Crippen LogP contribution in [0.15, 0.2) is 56.6 Å². The number of anilines is 1. The van der Waals surface area contributed by atoms with Crippen molar-refractivity contribution in [1.82, 2.24) is 0 Å². The van der Waals surface area contributed by atoms with Gasteiger partial charge in [0.05, 0.1) is 0 Å². The van der Waals surface area contributed by atoms with E-state index in [4.69, 9.17) is 4.42 Å². The monoisotopic (exact) mass is 353 g/mol. The molecule has 0 atom stereocenters. The van der Waals surface area contributed by atoms with Gasteiger partial charge in [-0.05, 0) is 54.8 Å². The first-order chi connectivity index (χ1) is 11.9. The van der Waals surface area contributed by atoms with Crippen LogP contribution in [0.3, 0.4) is 0 Å². The average molecular weight is 353 g/mol. The zero-order chi connectivity index (χ0) is 18.0. The topological polar surface area (TPSA) is 59.3 Å². The highest BCUT2D eigenvalue weighted by Crippen LogP contribution is 2.28. The molecule has 0 saturated carbocycles. The van der Waals surface area contributed by atoms with Gasteiger partial charge in [-0.1, -0.05) is 6.07 Å². The van der Waals surface area contributed by atoms with E-state index in [-0.39, 0.29) is 11.5 Å². The number of amides is 1. The van der Waals surface area contributed by atoms with Crippen LogP contribution in [0.1, 0.15) is 23.6 Å². The summed E-state index contributed by atoms with van der Waals surface area (Å²) >= 11 is 1.68. The first-order valence-electron chi connectivity index (χ1n) is 7.97. The normalized spacial score (nSPS) is 10.8. The van der Waals surface area contributed by atoms with Gasteiger partial charge < -0.3 is 9.73 Å². The lowest BCUT2D eigenvalue weighted by Crippen LogP contribution is -2.06. The summed E-state index contributed by atoms with van der Waals surface area (Å²) in [5.41, 5.74) is 4.15. The molecule has 3 aromatic rings. The zero-order valence-corrected chi connectivity index (χ0v) is 15.2. The summed E-state index contributed by atoms with van der Waals surface area (Å²) in [5.74, 6) is 0.507. The Morgan fingerprint density at radius 3 is 2.60 bits per heavy atom. The van der Waals surface area contributed by atoms with Crippen LogP contribution in [0.25, 0.3) is 11.0 Å². The summed E-state index contributed by atoms with van der Waals surface area (Å²) in [6.45, 7) is 5.62. The van der Waals surface area contributed by atoms with Crippen molar-refractivity contribution in [1.29, 1.82) is 0 Å². The molecule has 1 aromatic heterocycles. The quantitative estimate of drug-likeness (QED) is 0.547. The predicted molar refractivity (Wildman–Crippen MR) is 102 cm³/mol. The Balaban J connectivity index is 1.91. The fourth-order valence-electron chi connectivity index (χ4n) is 2.60. The second-order valence-electron chi connectivity index (χ2n) is 6.02. The minimum Gasteiger partial charge on any atom is -0.423 e. The Morgan fingerprint density at radius 1 is 1.08 bits per heavy atom. The largest absolute Gasteiger partial charge is 0.423 e. The van der Waals surface area contributed by atoms with Crippen molar-refractivity contribution in [3.05, 3.63) is 69.6 Å². The third kappa shape index (κ3) is 4.12. The Kier molecular flexibility index (Phi) is 4.95. The van der Waals surface area contributed by atoms with Crippen LogP contribution in [-0.2, 0) is 10.5 Å². The SMILES string of the molecule is CC(=O)Nc1ccc2c(CSc3ccc(C)c(C)c3)cc(=O)oc2c1. The molecule has 0 fully saturated rings. The van der Waals surface area contributed by atoms with E-state index < -0.39 is 0 Å². The van der Waals surface area contributed by atoms with E-state index in [1.165, 1.54) is 29.0 Å². The highest BCUT2D eigenvalue weighted by Gasteiger charge is 2.08. The van der Waals surface area contributed by atoms with Crippen LogP contribution < -0.4 is 10.9 Å². The van der Waals surface area contributed by atoms with Crippen LogP contribution in [0, 0.1) is 13.8 Å². The maximum absolute atomic E-state index is 11.9. The summed E-state index contributed by atoms with van der Waals surface area (Å²) in [4.78, 5) is 24.2. The number of nitrogens with one attached hydrogen (secondary N) is 1. The minimum atomic E-state index is -0.386. The van der Waals surface area contributed by atoms with Gasteiger partial charge in [0.15, 0.2) is 0 Å². The van der Waals surface area contributed by atoms with Crippen LogP contribution in [0.2, 0.25) is 0 Å². The Hall–Kier alpha value is -2.53. The summed E-state index contributed by atoms with van der Waals surface area (Å²) in [7, 11) is 0. The lowest BCUT2D eigenvalue weighted by Gasteiger charge is -2.08. The second-order valence-corrected chi connectivity index (χ2v) is 7.07. The second kappa shape index (κ2) is 7.15. The highest BCUT2D eigenvalue weighted by molar-refractivity contribution is 7.98. The number of benzene rings is 2. The molecule has 1 N–H and O–H groups in total. The molecule has 128 valence electrons. The van der Waals surface area contributed by atoms with E-state index in [9.17, 15) is 9.59 Å². The summed E-state index contributed by atoms with van der Waals surface area (Å²) < 4.78 is 5.30. The number of hydrogen-bond acceptors (Lipinski definition) is 4. The van der Waals surface area contributed by atoms with E-state index in [1.807, 2.05) is 12.1 Å². The van der Waals surface area contributed by atoms with Crippen LogP contribution in [0.4, 0.5) is 5.69 Å². The molecule has 0 aliphatic heterocycles. The van der Waals surface area contributed by atoms with Gasteiger partial charge in [0.2, 0.25) is 5.91 Å². The Bertz CT molecular complexity index is 1010. The summed E-state index contributed by atoms with van der Waals surface area (Å²) in [6.07, 6.45) is 0. The van der Waals surface area contributed by atoms with Gasteiger partial charge >= 0.3 is 5.63 Å². The van der Waals surface area contributed by atoms with Crippen molar-refractivity contribution in [2.24, 2.45) is 0 Å². The van der Waals surface area contributed by atoms with Gasteiger partial charge in [-0.15, -0.1) is 11.8 Å². The van der Waals surface area contributed by atoms with Crippen LogP contribution in [-0.4, -0.2) is 5.91 Å². The lowest BCUT2D eigenvalue weighted by atomic mass is 10.1. The summed E-state index contributed by atoms with van der Waals surface area (Å²) in [5, 5.41) is 3.58. The fourth-order valence-corrected chi connectivity index (χ4v) is 3.58. The molecule has 4 nitrogen and oxygen atoms in total. The number of rotatable bonds is 4. The molecule has 0 unspecified atom stereocenters. The molecule has 1 amide bonds. The fraction of sp³-hybridized carbons (Fsp3) is 0.200. The van der Waals surface area contributed by atoms with Gasteiger partial charge in [0.1, 0.15) is 5.58 Å². The number of aryl methyl sites for hydroxylation is 2. The van der Waals surface area contributed by atoms with Crippen LogP contribution >= 0.6 is 11.8 Å². The molecule has 0 radical (unpaired) electrons. The first-order valence-corrected chi connectivity index (χ1v) is 8.95. The van der Waals surface area contributed by atoms with Crippen molar-refractivity contribution in [3.8, 4) is 0 Å². The van der Waals surface area contributed by atoms with Crippen molar-refractivity contribution >= 4 is 34.3 Å². The third-order valence-electron chi connectivity index (χ3n) is 4.02. The van der Waals surface area contributed by atoms with Gasteiger partial charge in [-0.25, -0.2) is 4.79 Å². The number of hydrogen-bond donors (Lipinski definition) is 1. The van der Waals surface area contributed by atoms with Gasteiger partial charge in [0.25, 0.3) is 0 Å². The Morgan fingerprint density at radius 2 is 1.88 bits per heavy atom. The molecule has 0 bridgehead atoms. The molecule has 0 saturated heterocycles. The number of thioether (sulfide) groups is 1. The molecule has 2 aromatic carbocycles. The number of carbonyl (C=O) groups excluding carboxylic acids is 1. The first kappa shape index (κ1) is 17.3. The van der Waals surface area contributed by atoms with Gasteiger partial charge in [-0.3, -0.25) is 4.79 Å². The van der Waals surface area contributed by atoms with Gasteiger partial charge in [-0.2, -0.15) is 0 Å². The highest BCUT2D eigenvalue weighted by atomic mass is 32.2. The molecule has 1 heterocycles. The molecule has 25 heavy (non-hydrogen) atoms. The van der Waals surface area contributed by atoms with E-state index in [0.717, 1.165) is 10.9 Å². The van der Waals surface area contributed by atoms with Crippen molar-refractivity contribution in [3.63, 3.8) is 0 Å². The molecule has 5 heteroatoms. The average Bonchev–Trinajstić information content (AvgIpc) is 2.54. The zero-order valence-electron chi connectivity index (χ0n) is 14.4. The van der Waals surface area contributed by atoms with E-state index >= 15 is 0 Å². The maximum atomic E-state index is 11.9. The predicted octanol–water partition coefficient (Wildman–Crippen LogP) is 4.66. The molecule has 0 aliphatic rings. The molecule has 0 aliphatic carbocycles. The Labute approximate surface area is 150 Å². The molecular formula is C20H19NO3S. The van der Waals surface area contributed by atoms with Gasteiger partial charge in [0, 0.05) is 40.8 Å². The van der Waals surface area contributed by atoms with Crippen molar-refractivity contribution in [2.75, 3.05) is 5.32 Å². The number of carbonyl (C=O) groups is 1. The minimum absolute atomic E-state index is 0.164. The van der Waals surface area contributed by atoms with Crippen LogP contribution in [0.5, 0.6) is 0 Å². The third-order valence-corrected chi connectivity index (χ3v) is 5.07. The maximum Gasteiger partial charge on any atom is 0.336 e. The standard InChI is InChI=1S/C20H19NO3S/c1-12-4-6-17(8-13(12)2)25-11-15-9-20(23)24-19-10-16(21-14(3)22)5-7-18(15)19/h4-10H,11H2,1-3H3,(H,21,22). The molecule has 3 rings (SSSR count). The van der Waals surface area contributed by atoms with E-state index in [2.05, 4.69) is 37.4 Å². The number of fused-ring (bicyclic) bond motifs is 1. The summed E-state index contributed by atoms with van der Waals surface area (Å²) in [6, 6.07) is 13.3. The lowest BCUT2D eigenvalue weighted by molar-refractivity contribution is -0.114. The smallest absolute Gasteiger partial charge is 0.336 e. The van der Waals surface area contributed by atoms with E-state index in [0.29, 0.717) is 17.0 Å². The molecule has 0 spiro atoms. The van der Waals surface area contributed by atoms with Crippen molar-refractivity contribution in [2.45, 2.75) is 31.4 Å². The molecular weight excluding hydrogens is 334 g/mol. The van der Waals surface area contributed by atoms with E-state index in [1.54, 1.807) is 17.8 Å². The van der Waals surface area contributed by atoms with Crippen molar-refractivity contribution < 1.29 is 9.21 Å².